The minimum atomic E-state index is -4.24. The number of nitrogens with zero attached hydrogens (tertiary/aromatic N) is 2. The van der Waals surface area contributed by atoms with Crippen molar-refractivity contribution in [1.29, 1.82) is 0 Å². The van der Waals surface area contributed by atoms with Crippen molar-refractivity contribution in [2.24, 2.45) is 10.2 Å². The predicted octanol–water partition coefficient (Wildman–Crippen LogP) is 2.49. The van der Waals surface area contributed by atoms with Gasteiger partial charge in [0.2, 0.25) is 0 Å². The van der Waals surface area contributed by atoms with Gasteiger partial charge in [-0.3, -0.25) is 9.35 Å². The van der Waals surface area contributed by atoms with E-state index >= 15 is 0 Å². The molecular formula is C13H10N2NaO5S. The molecule has 22 heavy (non-hydrogen) atoms. The molecule has 0 aliphatic rings. The fraction of sp³-hybridized carbons (Fsp3) is 0. The number of phenolic OH excluding ortho intramolecular Hbond substituents is 1. The average molecular weight is 329 g/mol. The van der Waals surface area contributed by atoms with Gasteiger partial charge in [-0.25, -0.2) is 0 Å². The molecule has 109 valence electrons. The maximum absolute atomic E-state index is 10.9. The van der Waals surface area contributed by atoms with Crippen LogP contribution in [0.15, 0.2) is 57.6 Å². The van der Waals surface area contributed by atoms with Crippen molar-refractivity contribution in [1.82, 2.24) is 0 Å². The first-order valence-electron chi connectivity index (χ1n) is 5.67. The molecule has 2 aromatic rings. The van der Waals surface area contributed by atoms with E-state index in [0.717, 1.165) is 0 Å². The zero-order chi connectivity index (χ0) is 15.5. The van der Waals surface area contributed by atoms with Crippen LogP contribution in [0, 0.1) is 0 Å². The van der Waals surface area contributed by atoms with Crippen LogP contribution in [0.3, 0.4) is 0 Å². The van der Waals surface area contributed by atoms with Crippen molar-refractivity contribution in [3.05, 3.63) is 48.0 Å². The molecule has 2 N–H and O–H groups in total. The zero-order valence-corrected chi connectivity index (χ0v) is 14.4. The van der Waals surface area contributed by atoms with E-state index in [9.17, 15) is 18.3 Å². The third-order valence-corrected chi connectivity index (χ3v) is 3.42. The molecule has 0 heterocycles. The maximum Gasteiger partial charge on any atom is 0.294 e. The Bertz CT molecular complexity index is 804. The van der Waals surface area contributed by atoms with E-state index in [2.05, 4.69) is 10.2 Å². The second-order valence-corrected chi connectivity index (χ2v) is 5.45. The summed E-state index contributed by atoms with van der Waals surface area (Å²) in [5.74, 6) is -0.151. The van der Waals surface area contributed by atoms with Crippen molar-refractivity contribution < 1.29 is 22.9 Å². The van der Waals surface area contributed by atoms with E-state index in [1.807, 2.05) is 0 Å². The monoisotopic (exact) mass is 329 g/mol. The summed E-state index contributed by atoms with van der Waals surface area (Å²) in [6.45, 7) is 0. The van der Waals surface area contributed by atoms with Crippen LogP contribution in [0.4, 0.5) is 11.4 Å². The van der Waals surface area contributed by atoms with Gasteiger partial charge < -0.3 is 5.11 Å². The van der Waals surface area contributed by atoms with Crippen LogP contribution in [0.2, 0.25) is 0 Å². The molecule has 2 rings (SSSR count). The molecule has 0 aromatic heterocycles. The molecule has 0 saturated carbocycles. The quantitative estimate of drug-likeness (QED) is 0.387. The molecule has 0 unspecified atom stereocenters. The molecule has 0 amide bonds. The topological polar surface area (TPSA) is 116 Å². The molecule has 0 atom stereocenters. The number of hydrogen-bond acceptors (Lipinski definition) is 6. The van der Waals surface area contributed by atoms with Gasteiger partial charge in [-0.15, -0.1) is 0 Å². The van der Waals surface area contributed by atoms with Crippen molar-refractivity contribution in [2.75, 3.05) is 0 Å². The van der Waals surface area contributed by atoms with E-state index < -0.39 is 10.1 Å². The van der Waals surface area contributed by atoms with Gasteiger partial charge in [0.05, 0.1) is 21.8 Å². The first-order valence-corrected chi connectivity index (χ1v) is 7.11. The van der Waals surface area contributed by atoms with Gasteiger partial charge in [0.25, 0.3) is 10.1 Å². The Morgan fingerprint density at radius 2 is 1.50 bits per heavy atom. The van der Waals surface area contributed by atoms with E-state index in [-0.39, 0.29) is 45.8 Å². The minimum absolute atomic E-state index is 0. The standard InChI is InChI=1S/C13H10N2O5S.Na/c16-8-9-7-11(3-6-13(9)17)15-14-10-1-4-12(5-2-10)21(18,19)20;/h1-8,17H,(H,18,19,20);. The molecule has 0 bridgehead atoms. The molecule has 0 spiro atoms. The second kappa shape index (κ2) is 7.61. The maximum atomic E-state index is 10.9. The van der Waals surface area contributed by atoms with Crippen LogP contribution in [0.1, 0.15) is 10.4 Å². The SMILES string of the molecule is O=Cc1cc(N=Nc2ccc(S(=O)(=O)O)cc2)ccc1O.[Na]. The molecule has 0 saturated heterocycles. The molecule has 9 heteroatoms. The van der Waals surface area contributed by atoms with Crippen molar-refractivity contribution in [3.63, 3.8) is 0 Å². The van der Waals surface area contributed by atoms with Gasteiger partial charge in [-0.05, 0) is 42.5 Å². The summed E-state index contributed by atoms with van der Waals surface area (Å²) >= 11 is 0. The number of aromatic hydroxyl groups is 1. The predicted molar refractivity (Wildman–Crippen MR) is 79.7 cm³/mol. The number of aldehydes is 1. The largest absolute Gasteiger partial charge is 0.507 e. The second-order valence-electron chi connectivity index (χ2n) is 4.03. The van der Waals surface area contributed by atoms with Crippen molar-refractivity contribution in [3.8, 4) is 5.75 Å². The Labute approximate surface area is 148 Å². The fourth-order valence-corrected chi connectivity index (χ4v) is 1.98. The number of carbonyl (C=O) groups is 1. The smallest absolute Gasteiger partial charge is 0.294 e. The Hall–Kier alpha value is -1.58. The zero-order valence-electron chi connectivity index (χ0n) is 11.5. The summed E-state index contributed by atoms with van der Waals surface area (Å²) < 4.78 is 30.6. The van der Waals surface area contributed by atoms with E-state index in [4.69, 9.17) is 4.55 Å². The summed E-state index contributed by atoms with van der Waals surface area (Å²) in [6.07, 6.45) is 0.495. The van der Waals surface area contributed by atoms with Crippen LogP contribution in [-0.2, 0) is 10.1 Å². The Kier molecular flexibility index (Phi) is 6.39. The third-order valence-electron chi connectivity index (χ3n) is 2.55. The van der Waals surface area contributed by atoms with Crippen LogP contribution in [-0.4, -0.2) is 53.9 Å². The molecule has 2 aromatic carbocycles. The molecule has 7 nitrogen and oxygen atoms in total. The van der Waals surface area contributed by atoms with Crippen molar-refractivity contribution >= 4 is 57.3 Å². The van der Waals surface area contributed by atoms with Crippen LogP contribution in [0.5, 0.6) is 5.75 Å². The number of benzene rings is 2. The molecule has 0 fully saturated rings. The molecule has 0 aliphatic carbocycles. The fourth-order valence-electron chi connectivity index (χ4n) is 1.50. The normalized spacial score (nSPS) is 11.1. The first-order chi connectivity index (χ1) is 9.90. The number of rotatable bonds is 4. The van der Waals surface area contributed by atoms with Crippen LogP contribution in [0.25, 0.3) is 0 Å². The van der Waals surface area contributed by atoms with Gasteiger partial charge >= 0.3 is 0 Å². The summed E-state index contributed by atoms with van der Waals surface area (Å²) in [7, 11) is -4.24. The summed E-state index contributed by atoms with van der Waals surface area (Å²) in [4.78, 5) is 10.4. The van der Waals surface area contributed by atoms with Crippen molar-refractivity contribution in [2.45, 2.75) is 4.90 Å². The third kappa shape index (κ3) is 4.72. The van der Waals surface area contributed by atoms with E-state index in [0.29, 0.717) is 17.7 Å². The van der Waals surface area contributed by atoms with Gasteiger partial charge in [0.15, 0.2) is 6.29 Å². The van der Waals surface area contributed by atoms with Gasteiger partial charge in [0, 0.05) is 29.6 Å². The average Bonchev–Trinajstić information content (AvgIpc) is 2.46. The number of phenols is 1. The number of carbonyl (C=O) groups excluding carboxylic acids is 1. The summed E-state index contributed by atoms with van der Waals surface area (Å²) in [5.41, 5.74) is 0.810. The van der Waals surface area contributed by atoms with E-state index in [1.54, 1.807) is 0 Å². The number of azo groups is 1. The molecule has 0 aliphatic heterocycles. The Morgan fingerprint density at radius 3 is 2.05 bits per heavy atom. The minimum Gasteiger partial charge on any atom is -0.507 e. The van der Waals surface area contributed by atoms with Gasteiger partial charge in [-0.2, -0.15) is 18.6 Å². The summed E-state index contributed by atoms with van der Waals surface area (Å²) in [6, 6.07) is 9.27. The number of hydrogen-bond donors (Lipinski definition) is 2. The van der Waals surface area contributed by atoms with Crippen LogP contribution >= 0.6 is 0 Å². The Morgan fingerprint density at radius 1 is 0.955 bits per heavy atom. The van der Waals surface area contributed by atoms with E-state index in [1.165, 1.54) is 42.5 Å². The molecule has 1 radical (unpaired) electrons. The summed E-state index contributed by atoms with van der Waals surface area (Å²) in [5, 5.41) is 17.1. The first kappa shape index (κ1) is 18.5. The molecular weight excluding hydrogens is 319 g/mol. The van der Waals surface area contributed by atoms with Gasteiger partial charge in [-0.1, -0.05) is 0 Å². The van der Waals surface area contributed by atoms with Crippen LogP contribution < -0.4 is 0 Å². The Balaban J connectivity index is 0.00000242. The van der Waals surface area contributed by atoms with Gasteiger partial charge in [0.1, 0.15) is 5.75 Å².